The number of carbonyl (C=O) groups is 1. The summed E-state index contributed by atoms with van der Waals surface area (Å²) in [5, 5.41) is 15.5. The summed E-state index contributed by atoms with van der Waals surface area (Å²) in [4.78, 5) is 16.9. The van der Waals surface area contributed by atoms with Gasteiger partial charge in [0.1, 0.15) is 0 Å². The molecular weight excluding hydrogens is 332 g/mol. The molecule has 8 heteroatoms. The lowest BCUT2D eigenvalue weighted by molar-refractivity contribution is 0.102. The Labute approximate surface area is 148 Å². The molecule has 8 nitrogen and oxygen atoms in total. The summed E-state index contributed by atoms with van der Waals surface area (Å²) in [7, 11) is 0. The molecule has 4 rings (SSSR count). The minimum atomic E-state index is -0.234. The maximum Gasteiger partial charge on any atom is 0.257 e. The number of anilines is 1. The molecule has 0 aliphatic heterocycles. The SMILES string of the molecule is CC(C)n1ncc2cc(C(=O)Nc3ccc(-c4nnco4)cc3)cnc21. The third-order valence-electron chi connectivity index (χ3n) is 3.93. The molecule has 1 aromatic carbocycles. The number of aromatic nitrogens is 5. The van der Waals surface area contributed by atoms with Crippen molar-refractivity contribution in [1.82, 2.24) is 25.0 Å². The number of fused-ring (bicyclic) bond motifs is 1. The first-order chi connectivity index (χ1) is 12.6. The number of hydrogen-bond acceptors (Lipinski definition) is 6. The van der Waals surface area contributed by atoms with Crippen LogP contribution in [0.2, 0.25) is 0 Å². The van der Waals surface area contributed by atoms with E-state index in [4.69, 9.17) is 4.42 Å². The molecule has 0 fully saturated rings. The monoisotopic (exact) mass is 348 g/mol. The molecule has 0 spiro atoms. The zero-order chi connectivity index (χ0) is 18.1. The molecule has 0 aliphatic rings. The van der Waals surface area contributed by atoms with Crippen molar-refractivity contribution in [1.29, 1.82) is 0 Å². The second kappa shape index (κ2) is 6.40. The van der Waals surface area contributed by atoms with Gasteiger partial charge in [-0.25, -0.2) is 9.67 Å². The van der Waals surface area contributed by atoms with E-state index in [2.05, 4.69) is 25.6 Å². The van der Waals surface area contributed by atoms with Crippen molar-refractivity contribution >= 4 is 22.6 Å². The van der Waals surface area contributed by atoms with E-state index in [0.29, 0.717) is 17.1 Å². The number of hydrogen-bond donors (Lipinski definition) is 1. The van der Waals surface area contributed by atoms with Crippen LogP contribution in [0.4, 0.5) is 5.69 Å². The van der Waals surface area contributed by atoms with Crippen molar-refractivity contribution in [3.63, 3.8) is 0 Å². The molecule has 0 bridgehead atoms. The van der Waals surface area contributed by atoms with Crippen LogP contribution in [0.5, 0.6) is 0 Å². The Balaban J connectivity index is 1.53. The minimum Gasteiger partial charge on any atom is -0.423 e. The van der Waals surface area contributed by atoms with E-state index in [-0.39, 0.29) is 11.9 Å². The number of nitrogens with one attached hydrogen (secondary N) is 1. The Morgan fingerprint density at radius 2 is 2.00 bits per heavy atom. The molecule has 0 unspecified atom stereocenters. The number of benzene rings is 1. The fraction of sp³-hybridized carbons (Fsp3) is 0.167. The smallest absolute Gasteiger partial charge is 0.257 e. The fourth-order valence-corrected chi connectivity index (χ4v) is 2.64. The van der Waals surface area contributed by atoms with E-state index in [1.54, 1.807) is 42.7 Å². The summed E-state index contributed by atoms with van der Waals surface area (Å²) in [5.74, 6) is 0.196. The van der Waals surface area contributed by atoms with Gasteiger partial charge in [0.2, 0.25) is 12.3 Å². The van der Waals surface area contributed by atoms with Crippen molar-refractivity contribution < 1.29 is 9.21 Å². The number of pyridine rings is 1. The van der Waals surface area contributed by atoms with Gasteiger partial charge in [0.25, 0.3) is 5.91 Å². The van der Waals surface area contributed by atoms with Crippen LogP contribution in [0.1, 0.15) is 30.2 Å². The van der Waals surface area contributed by atoms with Gasteiger partial charge in [-0.15, -0.1) is 10.2 Å². The van der Waals surface area contributed by atoms with Crippen molar-refractivity contribution in [3.8, 4) is 11.5 Å². The average molecular weight is 348 g/mol. The Hall–Kier alpha value is -3.55. The van der Waals surface area contributed by atoms with Crippen LogP contribution in [0.3, 0.4) is 0 Å². The molecule has 0 atom stereocenters. The van der Waals surface area contributed by atoms with E-state index in [0.717, 1.165) is 16.6 Å². The normalized spacial score (nSPS) is 11.2. The Morgan fingerprint density at radius 3 is 2.69 bits per heavy atom. The molecule has 0 saturated heterocycles. The zero-order valence-corrected chi connectivity index (χ0v) is 14.2. The van der Waals surface area contributed by atoms with Crippen LogP contribution in [-0.2, 0) is 0 Å². The highest BCUT2D eigenvalue weighted by atomic mass is 16.4. The molecule has 1 N–H and O–H groups in total. The molecule has 26 heavy (non-hydrogen) atoms. The van der Waals surface area contributed by atoms with E-state index in [9.17, 15) is 4.79 Å². The van der Waals surface area contributed by atoms with Gasteiger partial charge >= 0.3 is 0 Å². The highest BCUT2D eigenvalue weighted by Crippen LogP contribution is 2.20. The van der Waals surface area contributed by atoms with Gasteiger partial charge < -0.3 is 9.73 Å². The summed E-state index contributed by atoms with van der Waals surface area (Å²) in [5.41, 5.74) is 2.68. The molecule has 130 valence electrons. The van der Waals surface area contributed by atoms with Crippen LogP contribution < -0.4 is 5.32 Å². The second-order valence-electron chi connectivity index (χ2n) is 6.10. The fourth-order valence-electron chi connectivity index (χ4n) is 2.64. The van der Waals surface area contributed by atoms with E-state index in [1.807, 2.05) is 18.5 Å². The van der Waals surface area contributed by atoms with E-state index >= 15 is 0 Å². The lowest BCUT2D eigenvalue weighted by Crippen LogP contribution is -2.12. The number of carbonyl (C=O) groups excluding carboxylic acids is 1. The highest BCUT2D eigenvalue weighted by Gasteiger charge is 2.12. The standard InChI is InChI=1S/C18H16N6O2/c1-11(2)24-16-13(9-21-24)7-14(8-19-16)17(25)22-15-5-3-12(4-6-15)18-23-20-10-26-18/h3-11H,1-2H3,(H,22,25). The molecule has 1 amide bonds. The van der Waals surface area contributed by atoms with Gasteiger partial charge in [-0.2, -0.15) is 5.10 Å². The molecule has 0 saturated carbocycles. The summed E-state index contributed by atoms with van der Waals surface area (Å²) < 4.78 is 6.97. The van der Waals surface area contributed by atoms with Crippen molar-refractivity contribution in [2.24, 2.45) is 0 Å². The van der Waals surface area contributed by atoms with Gasteiger partial charge in [0.15, 0.2) is 5.65 Å². The summed E-state index contributed by atoms with van der Waals surface area (Å²) in [6, 6.07) is 9.16. The lowest BCUT2D eigenvalue weighted by Gasteiger charge is -2.07. The van der Waals surface area contributed by atoms with Crippen LogP contribution >= 0.6 is 0 Å². The van der Waals surface area contributed by atoms with Gasteiger partial charge in [0, 0.05) is 28.9 Å². The number of amides is 1. The summed E-state index contributed by atoms with van der Waals surface area (Å²) in [6.07, 6.45) is 4.55. The maximum atomic E-state index is 12.5. The first kappa shape index (κ1) is 15.9. The third-order valence-corrected chi connectivity index (χ3v) is 3.93. The molecule has 3 heterocycles. The average Bonchev–Trinajstić information content (AvgIpc) is 3.31. The van der Waals surface area contributed by atoms with Gasteiger partial charge in [-0.05, 0) is 44.2 Å². The predicted octanol–water partition coefficient (Wildman–Crippen LogP) is 3.31. The molecule has 3 aromatic heterocycles. The molecule has 0 aliphatic carbocycles. The van der Waals surface area contributed by atoms with Crippen LogP contribution in [0.15, 0.2) is 53.5 Å². The summed E-state index contributed by atoms with van der Waals surface area (Å²) >= 11 is 0. The zero-order valence-electron chi connectivity index (χ0n) is 14.2. The Bertz CT molecular complexity index is 1050. The quantitative estimate of drug-likeness (QED) is 0.607. The largest absolute Gasteiger partial charge is 0.423 e. The number of rotatable bonds is 4. The second-order valence-corrected chi connectivity index (χ2v) is 6.10. The molecular formula is C18H16N6O2. The first-order valence-electron chi connectivity index (χ1n) is 8.13. The maximum absolute atomic E-state index is 12.5. The third kappa shape index (κ3) is 2.92. The Morgan fingerprint density at radius 1 is 1.19 bits per heavy atom. The van der Waals surface area contributed by atoms with Crippen molar-refractivity contribution in [3.05, 3.63) is 54.7 Å². The number of nitrogens with zero attached hydrogens (tertiary/aromatic N) is 5. The first-order valence-corrected chi connectivity index (χ1v) is 8.13. The van der Waals surface area contributed by atoms with Crippen molar-refractivity contribution in [2.45, 2.75) is 19.9 Å². The predicted molar refractivity (Wildman–Crippen MR) is 95.6 cm³/mol. The topological polar surface area (TPSA) is 98.7 Å². The van der Waals surface area contributed by atoms with Crippen LogP contribution in [0.25, 0.3) is 22.5 Å². The van der Waals surface area contributed by atoms with Crippen LogP contribution in [0, 0.1) is 0 Å². The highest BCUT2D eigenvalue weighted by molar-refractivity contribution is 6.05. The summed E-state index contributed by atoms with van der Waals surface area (Å²) in [6.45, 7) is 4.07. The van der Waals surface area contributed by atoms with E-state index in [1.165, 1.54) is 6.39 Å². The van der Waals surface area contributed by atoms with Gasteiger partial charge in [0.05, 0.1) is 11.8 Å². The van der Waals surface area contributed by atoms with Crippen LogP contribution in [-0.4, -0.2) is 30.9 Å². The molecule has 0 radical (unpaired) electrons. The van der Waals surface area contributed by atoms with Crippen molar-refractivity contribution in [2.75, 3.05) is 5.32 Å². The minimum absolute atomic E-state index is 0.206. The molecule has 4 aromatic rings. The Kier molecular flexibility index (Phi) is 3.92. The van der Waals surface area contributed by atoms with Gasteiger partial charge in [-0.3, -0.25) is 4.79 Å². The van der Waals surface area contributed by atoms with E-state index < -0.39 is 0 Å². The van der Waals surface area contributed by atoms with Gasteiger partial charge in [-0.1, -0.05) is 0 Å². The lowest BCUT2D eigenvalue weighted by atomic mass is 10.2.